The third-order valence-corrected chi connectivity index (χ3v) is 5.90. The van der Waals surface area contributed by atoms with Gasteiger partial charge in [0.25, 0.3) is 0 Å². The minimum absolute atomic E-state index is 0.545. The third-order valence-electron chi connectivity index (χ3n) is 5.90. The average Bonchev–Trinajstić information content (AvgIpc) is 3.45. The van der Waals surface area contributed by atoms with Gasteiger partial charge in [-0.1, -0.05) is 0 Å². The number of nitrogens with zero attached hydrogens (tertiary/aromatic N) is 8. The van der Waals surface area contributed by atoms with E-state index in [1.165, 1.54) is 0 Å². The van der Waals surface area contributed by atoms with Crippen LogP contribution in [-0.4, -0.2) is 64.4 Å². The summed E-state index contributed by atoms with van der Waals surface area (Å²) >= 11 is 0. The number of rotatable bonds is 5. The van der Waals surface area contributed by atoms with Crippen LogP contribution in [0.25, 0.3) is 11.2 Å². The first kappa shape index (κ1) is 17.8. The molecule has 3 aromatic heterocycles. The molecular formula is C20H22N8O. The normalized spacial score (nSPS) is 21.0. The number of aromatic nitrogens is 5. The molecule has 5 heterocycles. The molecule has 0 amide bonds. The number of anilines is 2. The van der Waals surface area contributed by atoms with Crippen LogP contribution in [0.4, 0.5) is 11.6 Å². The molecule has 5 rings (SSSR count). The van der Waals surface area contributed by atoms with Crippen LogP contribution >= 0.6 is 0 Å². The Bertz CT molecular complexity index is 1060. The number of ether oxygens (including phenoxy) is 1. The minimum Gasteiger partial charge on any atom is -0.383 e. The molecule has 0 saturated carbocycles. The molecule has 0 bridgehead atoms. The van der Waals surface area contributed by atoms with E-state index < -0.39 is 0 Å². The molecule has 0 spiro atoms. The zero-order valence-electron chi connectivity index (χ0n) is 16.3. The molecule has 9 heteroatoms. The molecule has 9 nitrogen and oxygen atoms in total. The molecule has 2 unspecified atom stereocenters. The zero-order valence-corrected chi connectivity index (χ0v) is 16.3. The number of fused-ring (bicyclic) bond motifs is 2. The number of hydrogen-bond donors (Lipinski definition) is 0. The Balaban J connectivity index is 1.33. The molecule has 2 aliphatic heterocycles. The van der Waals surface area contributed by atoms with Crippen LogP contribution in [0.2, 0.25) is 0 Å². The maximum absolute atomic E-state index is 9.13. The summed E-state index contributed by atoms with van der Waals surface area (Å²) in [6.45, 7) is 5.11. The minimum atomic E-state index is 0.545. The molecule has 2 atom stereocenters. The SMILES string of the molecule is COCCn1cnc2c(N3CC4CN(c5cc(C#N)ccn5)CC4C3)ncnc21. The number of hydrogen-bond acceptors (Lipinski definition) is 8. The first-order valence-electron chi connectivity index (χ1n) is 9.77. The summed E-state index contributed by atoms with van der Waals surface area (Å²) in [5.41, 5.74) is 2.35. The van der Waals surface area contributed by atoms with Crippen molar-refractivity contribution in [2.45, 2.75) is 6.54 Å². The second-order valence-corrected chi connectivity index (χ2v) is 7.64. The maximum atomic E-state index is 9.13. The topological polar surface area (TPSA) is 96.0 Å². The van der Waals surface area contributed by atoms with Gasteiger partial charge in [-0.05, 0) is 12.1 Å². The number of methoxy groups -OCH3 is 1. The Morgan fingerprint density at radius 2 is 1.90 bits per heavy atom. The molecular weight excluding hydrogens is 368 g/mol. The molecule has 2 fully saturated rings. The summed E-state index contributed by atoms with van der Waals surface area (Å²) < 4.78 is 7.19. The fourth-order valence-corrected chi connectivity index (χ4v) is 4.47. The number of nitriles is 1. The Kier molecular flexibility index (Phi) is 4.48. The third kappa shape index (κ3) is 3.15. The van der Waals surface area contributed by atoms with Crippen molar-refractivity contribution in [2.24, 2.45) is 11.8 Å². The van der Waals surface area contributed by atoms with Gasteiger partial charge in [0.1, 0.15) is 12.1 Å². The first-order valence-corrected chi connectivity index (χ1v) is 9.77. The Morgan fingerprint density at radius 3 is 2.66 bits per heavy atom. The summed E-state index contributed by atoms with van der Waals surface area (Å²) in [6.07, 6.45) is 5.15. The number of imidazole rings is 1. The van der Waals surface area contributed by atoms with Gasteiger partial charge in [0.05, 0.1) is 24.6 Å². The van der Waals surface area contributed by atoms with E-state index in [1.54, 1.807) is 25.7 Å². The zero-order chi connectivity index (χ0) is 19.8. The fraction of sp³-hybridized carbons (Fsp3) is 0.450. The van der Waals surface area contributed by atoms with Crippen LogP contribution < -0.4 is 9.80 Å². The van der Waals surface area contributed by atoms with E-state index in [4.69, 9.17) is 10.00 Å². The first-order chi connectivity index (χ1) is 14.3. The lowest BCUT2D eigenvalue weighted by Crippen LogP contribution is -2.29. The Morgan fingerprint density at radius 1 is 1.10 bits per heavy atom. The predicted octanol–water partition coefficient (Wildman–Crippen LogP) is 1.31. The van der Waals surface area contributed by atoms with E-state index in [1.807, 2.05) is 17.0 Å². The molecule has 0 radical (unpaired) electrons. The molecule has 0 N–H and O–H groups in total. The summed E-state index contributed by atoms with van der Waals surface area (Å²) in [4.78, 5) is 22.7. The van der Waals surface area contributed by atoms with Crippen molar-refractivity contribution < 1.29 is 4.74 Å². The summed E-state index contributed by atoms with van der Waals surface area (Å²) in [5.74, 6) is 2.90. The highest BCUT2D eigenvalue weighted by atomic mass is 16.5. The lowest BCUT2D eigenvalue weighted by molar-refractivity contribution is 0.188. The summed E-state index contributed by atoms with van der Waals surface area (Å²) in [7, 11) is 1.69. The van der Waals surface area contributed by atoms with Crippen LogP contribution in [0.3, 0.4) is 0 Å². The van der Waals surface area contributed by atoms with Crippen LogP contribution in [-0.2, 0) is 11.3 Å². The molecule has 0 aliphatic carbocycles. The van der Waals surface area contributed by atoms with E-state index in [9.17, 15) is 0 Å². The molecule has 3 aromatic rings. The predicted molar refractivity (Wildman–Crippen MR) is 108 cm³/mol. The highest BCUT2D eigenvalue weighted by Gasteiger charge is 2.41. The second-order valence-electron chi connectivity index (χ2n) is 7.64. The van der Waals surface area contributed by atoms with Gasteiger partial charge in [0.2, 0.25) is 0 Å². The van der Waals surface area contributed by atoms with Gasteiger partial charge in [-0.2, -0.15) is 5.26 Å². The molecule has 29 heavy (non-hydrogen) atoms. The molecule has 2 aliphatic rings. The van der Waals surface area contributed by atoms with Crippen molar-refractivity contribution in [3.63, 3.8) is 0 Å². The molecule has 148 valence electrons. The van der Waals surface area contributed by atoms with Crippen molar-refractivity contribution in [1.29, 1.82) is 5.26 Å². The largest absolute Gasteiger partial charge is 0.383 e. The van der Waals surface area contributed by atoms with Crippen molar-refractivity contribution in [1.82, 2.24) is 24.5 Å². The van der Waals surface area contributed by atoms with Crippen LogP contribution in [0.5, 0.6) is 0 Å². The van der Waals surface area contributed by atoms with E-state index in [0.717, 1.165) is 55.5 Å². The van der Waals surface area contributed by atoms with Crippen LogP contribution in [0.15, 0.2) is 31.0 Å². The van der Waals surface area contributed by atoms with Crippen molar-refractivity contribution in [3.8, 4) is 6.07 Å². The van der Waals surface area contributed by atoms with E-state index in [2.05, 4.69) is 35.8 Å². The average molecular weight is 390 g/mol. The van der Waals surface area contributed by atoms with Gasteiger partial charge < -0.3 is 19.1 Å². The number of pyridine rings is 1. The molecule has 2 saturated heterocycles. The lowest BCUT2D eigenvalue weighted by atomic mass is 10.0. The van der Waals surface area contributed by atoms with Crippen molar-refractivity contribution in [3.05, 3.63) is 36.5 Å². The highest BCUT2D eigenvalue weighted by Crippen LogP contribution is 2.36. The maximum Gasteiger partial charge on any atom is 0.165 e. The van der Waals surface area contributed by atoms with Crippen LogP contribution in [0, 0.1) is 23.2 Å². The standard InChI is InChI=1S/C20H22N8O/c1-29-5-4-26-13-25-18-19(26)23-12-24-20(18)28-10-15-8-27(9-16(15)11-28)17-6-14(7-21)2-3-22-17/h2-3,6,12-13,15-16H,4-5,8-11H2,1H3. The lowest BCUT2D eigenvalue weighted by Gasteiger charge is -2.23. The van der Waals surface area contributed by atoms with E-state index in [-0.39, 0.29) is 0 Å². The van der Waals surface area contributed by atoms with Crippen molar-refractivity contribution >= 4 is 22.8 Å². The Labute approximate surface area is 168 Å². The fourth-order valence-electron chi connectivity index (χ4n) is 4.47. The summed E-state index contributed by atoms with van der Waals surface area (Å²) in [5, 5.41) is 9.13. The van der Waals surface area contributed by atoms with Gasteiger partial charge >= 0.3 is 0 Å². The summed E-state index contributed by atoms with van der Waals surface area (Å²) in [6, 6.07) is 5.81. The van der Waals surface area contributed by atoms with Gasteiger partial charge in [-0.25, -0.2) is 19.9 Å². The van der Waals surface area contributed by atoms with E-state index >= 15 is 0 Å². The highest BCUT2D eigenvalue weighted by molar-refractivity contribution is 5.83. The smallest absolute Gasteiger partial charge is 0.165 e. The van der Waals surface area contributed by atoms with Crippen molar-refractivity contribution in [2.75, 3.05) is 49.7 Å². The van der Waals surface area contributed by atoms with Gasteiger partial charge in [-0.15, -0.1) is 0 Å². The monoisotopic (exact) mass is 390 g/mol. The van der Waals surface area contributed by atoms with E-state index in [0.29, 0.717) is 24.0 Å². The van der Waals surface area contributed by atoms with Gasteiger partial charge in [0, 0.05) is 57.9 Å². The second kappa shape index (κ2) is 7.29. The Hall–Kier alpha value is -3.25. The van der Waals surface area contributed by atoms with Gasteiger partial charge in [-0.3, -0.25) is 0 Å². The van der Waals surface area contributed by atoms with Crippen LogP contribution in [0.1, 0.15) is 5.56 Å². The quantitative estimate of drug-likeness (QED) is 0.643. The molecule has 0 aromatic carbocycles. The van der Waals surface area contributed by atoms with Gasteiger partial charge in [0.15, 0.2) is 17.0 Å².